The summed E-state index contributed by atoms with van der Waals surface area (Å²) in [4.78, 5) is 23.3. The van der Waals surface area contributed by atoms with Crippen LogP contribution in [0.15, 0.2) is 41.1 Å². The molecule has 1 aliphatic carbocycles. The van der Waals surface area contributed by atoms with E-state index in [1.54, 1.807) is 18.3 Å². The van der Waals surface area contributed by atoms with Crippen molar-refractivity contribution >= 4 is 5.78 Å². The van der Waals surface area contributed by atoms with Crippen molar-refractivity contribution in [3.63, 3.8) is 0 Å². The van der Waals surface area contributed by atoms with E-state index in [0.717, 1.165) is 13.1 Å². The topological polar surface area (TPSA) is 102 Å². The minimum Gasteiger partial charge on any atom is -0.486 e. The summed E-state index contributed by atoms with van der Waals surface area (Å²) in [5.41, 5.74) is 1.25. The number of carbonyl (C=O) groups is 1. The highest BCUT2D eigenvalue weighted by molar-refractivity contribution is 5.99. The average Bonchev–Trinajstić information content (AvgIpc) is 3.24. The van der Waals surface area contributed by atoms with Crippen LogP contribution in [0.3, 0.4) is 0 Å². The van der Waals surface area contributed by atoms with Crippen molar-refractivity contribution in [2.24, 2.45) is 5.92 Å². The molecule has 0 atom stereocenters. The third kappa shape index (κ3) is 4.71. The molecule has 0 bridgehead atoms. The minimum atomic E-state index is -0.567. The lowest BCUT2D eigenvalue weighted by Crippen LogP contribution is -2.53. The van der Waals surface area contributed by atoms with Crippen LogP contribution in [0.25, 0.3) is 11.3 Å². The van der Waals surface area contributed by atoms with E-state index in [2.05, 4.69) is 20.0 Å². The normalized spacial score (nSPS) is 20.7. The molecule has 1 N–H and O–H groups in total. The predicted octanol–water partition coefficient (Wildman–Crippen LogP) is 3.61. The molecule has 2 aliphatic rings. The Balaban J connectivity index is 1.14. The van der Waals surface area contributed by atoms with Gasteiger partial charge in [0.25, 0.3) is 0 Å². The first-order chi connectivity index (χ1) is 16.4. The summed E-state index contributed by atoms with van der Waals surface area (Å²) in [5, 5.41) is 13.4. The molecule has 8 nitrogen and oxygen atoms in total. The van der Waals surface area contributed by atoms with Crippen LogP contribution in [0.1, 0.15) is 54.7 Å². The standard InChI is InChI=1S/C25H27FN4O4/c1-14(2)25-28-23(34-29-25)13-30-11-19(12-30)33-18-4-6-22(27-10-18)15-3-5-20(21(26)9-15)24(32)16-7-17(31)8-16/h3-6,9-10,14,16-17,19,31H,7-8,11-13H2,1-2H3. The number of Topliss-reactive ketones (excluding diaryl/α,β-unsaturated/α-hetero) is 1. The molecule has 9 heteroatoms. The molecule has 2 fully saturated rings. The van der Waals surface area contributed by atoms with Gasteiger partial charge >= 0.3 is 0 Å². The monoisotopic (exact) mass is 466 g/mol. The lowest BCUT2D eigenvalue weighted by Gasteiger charge is -2.37. The summed E-state index contributed by atoms with van der Waals surface area (Å²) in [6.07, 6.45) is 2.02. The van der Waals surface area contributed by atoms with Crippen molar-refractivity contribution in [3.8, 4) is 17.0 Å². The molecule has 1 aromatic carbocycles. The van der Waals surface area contributed by atoms with E-state index in [-0.39, 0.29) is 29.3 Å². The summed E-state index contributed by atoms with van der Waals surface area (Å²) >= 11 is 0. The highest BCUT2D eigenvalue weighted by Crippen LogP contribution is 2.32. The molecule has 1 saturated heterocycles. The first-order valence-electron chi connectivity index (χ1n) is 11.6. The molecule has 1 saturated carbocycles. The third-order valence-electron chi connectivity index (χ3n) is 6.34. The smallest absolute Gasteiger partial charge is 0.240 e. The van der Waals surface area contributed by atoms with Gasteiger partial charge < -0.3 is 14.4 Å². The van der Waals surface area contributed by atoms with E-state index in [4.69, 9.17) is 9.26 Å². The summed E-state index contributed by atoms with van der Waals surface area (Å²) in [7, 11) is 0. The van der Waals surface area contributed by atoms with Crippen LogP contribution in [0, 0.1) is 11.7 Å². The first-order valence-corrected chi connectivity index (χ1v) is 11.6. The number of hydrogen-bond acceptors (Lipinski definition) is 8. The number of pyridine rings is 1. The Hall–Kier alpha value is -3.17. The number of benzene rings is 1. The van der Waals surface area contributed by atoms with E-state index in [0.29, 0.717) is 48.1 Å². The zero-order valence-electron chi connectivity index (χ0n) is 19.1. The zero-order valence-corrected chi connectivity index (χ0v) is 19.1. The van der Waals surface area contributed by atoms with Gasteiger partial charge in [0.05, 0.1) is 30.1 Å². The Morgan fingerprint density at radius 3 is 2.68 bits per heavy atom. The average molecular weight is 467 g/mol. The lowest BCUT2D eigenvalue weighted by atomic mass is 9.77. The van der Waals surface area contributed by atoms with Gasteiger partial charge in [-0.3, -0.25) is 14.7 Å². The van der Waals surface area contributed by atoms with Gasteiger partial charge in [0.15, 0.2) is 11.6 Å². The lowest BCUT2D eigenvalue weighted by molar-refractivity contribution is 0.00844. The Kier molecular flexibility index (Phi) is 6.14. The van der Waals surface area contributed by atoms with Crippen LogP contribution in [0.4, 0.5) is 4.39 Å². The number of rotatable bonds is 8. The van der Waals surface area contributed by atoms with Crippen molar-refractivity contribution < 1.29 is 23.6 Å². The van der Waals surface area contributed by atoms with Crippen LogP contribution >= 0.6 is 0 Å². The number of aliphatic hydroxyl groups is 1. The quantitative estimate of drug-likeness (QED) is 0.503. The second-order valence-electron chi connectivity index (χ2n) is 9.40. The molecule has 3 heterocycles. The second kappa shape index (κ2) is 9.23. The Morgan fingerprint density at radius 1 is 1.26 bits per heavy atom. The summed E-state index contributed by atoms with van der Waals surface area (Å²) < 4.78 is 25.8. The zero-order chi connectivity index (χ0) is 23.8. The third-order valence-corrected chi connectivity index (χ3v) is 6.34. The Labute approximate surface area is 196 Å². The largest absolute Gasteiger partial charge is 0.486 e. The van der Waals surface area contributed by atoms with Crippen molar-refractivity contribution in [3.05, 3.63) is 59.6 Å². The van der Waals surface area contributed by atoms with Crippen molar-refractivity contribution in [2.45, 2.75) is 51.4 Å². The van der Waals surface area contributed by atoms with E-state index in [1.165, 1.54) is 12.1 Å². The van der Waals surface area contributed by atoms with Crippen LogP contribution in [-0.2, 0) is 6.54 Å². The van der Waals surface area contributed by atoms with Gasteiger partial charge in [-0.15, -0.1) is 0 Å². The highest BCUT2D eigenvalue weighted by Gasteiger charge is 2.34. The number of nitrogens with zero attached hydrogens (tertiary/aromatic N) is 4. The van der Waals surface area contributed by atoms with Gasteiger partial charge in [0.2, 0.25) is 5.89 Å². The van der Waals surface area contributed by atoms with Gasteiger partial charge in [0, 0.05) is 30.5 Å². The van der Waals surface area contributed by atoms with Gasteiger partial charge in [-0.1, -0.05) is 25.1 Å². The van der Waals surface area contributed by atoms with Crippen molar-refractivity contribution in [1.82, 2.24) is 20.0 Å². The molecular formula is C25H27FN4O4. The van der Waals surface area contributed by atoms with Crippen LogP contribution < -0.4 is 4.74 Å². The summed E-state index contributed by atoms with van der Waals surface area (Å²) in [6.45, 7) is 6.15. The van der Waals surface area contributed by atoms with Crippen LogP contribution in [0.2, 0.25) is 0 Å². The molecule has 5 rings (SSSR count). The predicted molar refractivity (Wildman–Crippen MR) is 121 cm³/mol. The van der Waals surface area contributed by atoms with Gasteiger partial charge in [-0.2, -0.15) is 4.98 Å². The number of likely N-dealkylation sites (tertiary alicyclic amines) is 1. The first kappa shape index (κ1) is 22.6. The van der Waals surface area contributed by atoms with Gasteiger partial charge in [-0.05, 0) is 37.1 Å². The molecule has 0 amide bonds. The molecule has 0 spiro atoms. The van der Waals surface area contributed by atoms with Gasteiger partial charge in [-0.25, -0.2) is 4.39 Å². The van der Waals surface area contributed by atoms with E-state index in [1.807, 2.05) is 19.9 Å². The van der Waals surface area contributed by atoms with Crippen LogP contribution in [0.5, 0.6) is 5.75 Å². The number of ketones is 1. The highest BCUT2D eigenvalue weighted by atomic mass is 19.1. The molecule has 0 unspecified atom stereocenters. The van der Waals surface area contributed by atoms with Crippen molar-refractivity contribution in [2.75, 3.05) is 13.1 Å². The maximum absolute atomic E-state index is 14.6. The Bertz CT molecular complexity index is 1170. The summed E-state index contributed by atoms with van der Waals surface area (Å²) in [5.74, 6) is 1.09. The fourth-order valence-electron chi connectivity index (χ4n) is 4.19. The van der Waals surface area contributed by atoms with Crippen LogP contribution in [-0.4, -0.2) is 56.2 Å². The SMILES string of the molecule is CC(C)c1noc(CN2CC(Oc3ccc(-c4ccc(C(=O)C5CC(O)C5)c(F)c4)nc3)C2)n1. The molecule has 3 aromatic rings. The maximum atomic E-state index is 14.6. The number of carbonyl (C=O) groups excluding carboxylic acids is 1. The van der Waals surface area contributed by atoms with E-state index in [9.17, 15) is 14.3 Å². The van der Waals surface area contributed by atoms with Crippen molar-refractivity contribution in [1.29, 1.82) is 0 Å². The van der Waals surface area contributed by atoms with E-state index < -0.39 is 11.9 Å². The number of ether oxygens (including phenoxy) is 1. The molecule has 1 aliphatic heterocycles. The molecule has 0 radical (unpaired) electrons. The second-order valence-corrected chi connectivity index (χ2v) is 9.40. The molecular weight excluding hydrogens is 439 g/mol. The van der Waals surface area contributed by atoms with Gasteiger partial charge in [0.1, 0.15) is 17.7 Å². The molecule has 2 aromatic heterocycles. The fraction of sp³-hybridized carbons (Fsp3) is 0.440. The number of aliphatic hydroxyl groups excluding tert-OH is 1. The maximum Gasteiger partial charge on any atom is 0.240 e. The number of aromatic nitrogens is 3. The fourth-order valence-corrected chi connectivity index (χ4v) is 4.19. The number of hydrogen-bond donors (Lipinski definition) is 1. The summed E-state index contributed by atoms with van der Waals surface area (Å²) in [6, 6.07) is 8.11. The Morgan fingerprint density at radius 2 is 2.06 bits per heavy atom. The minimum absolute atomic E-state index is 0.0490. The molecule has 34 heavy (non-hydrogen) atoms. The molecule has 178 valence electrons. The number of halogens is 1. The van der Waals surface area contributed by atoms with E-state index >= 15 is 0 Å².